The first kappa shape index (κ1) is 12.9. The molecule has 0 aromatic heterocycles. The molecule has 0 aromatic rings. The third kappa shape index (κ3) is 3.40. The van der Waals surface area contributed by atoms with Crippen LogP contribution in [0.1, 0.15) is 12.8 Å². The molecule has 15 heavy (non-hydrogen) atoms. The minimum absolute atomic E-state index is 0.261. The zero-order chi connectivity index (χ0) is 11.7. The third-order valence-corrected chi connectivity index (χ3v) is 6.35. The molecule has 90 valence electrons. The summed E-state index contributed by atoms with van der Waals surface area (Å²) in [5.74, 6) is 0. The van der Waals surface area contributed by atoms with E-state index in [1.54, 1.807) is 0 Å². The highest BCUT2D eigenvalue weighted by Gasteiger charge is 2.35. The van der Waals surface area contributed by atoms with Crippen LogP contribution in [0.3, 0.4) is 0 Å². The molecule has 1 rings (SSSR count). The maximum absolute atomic E-state index is 11.7. The van der Waals surface area contributed by atoms with E-state index in [0.29, 0.717) is 19.4 Å². The predicted molar refractivity (Wildman–Crippen MR) is 55.4 cm³/mol. The SMILES string of the molecule is CS(=O)(=O)CS(=O)(=O)N1CCCC1CO. The summed E-state index contributed by atoms with van der Waals surface area (Å²) in [6.45, 7) is 0.0338. The topological polar surface area (TPSA) is 91.8 Å². The Morgan fingerprint density at radius 1 is 1.33 bits per heavy atom. The summed E-state index contributed by atoms with van der Waals surface area (Å²) in [4.78, 5) is 0. The number of nitrogens with zero attached hydrogens (tertiary/aromatic N) is 1. The highest BCUT2D eigenvalue weighted by Crippen LogP contribution is 2.21. The lowest BCUT2D eigenvalue weighted by Gasteiger charge is -2.21. The molecule has 1 aliphatic heterocycles. The molecule has 1 aliphatic rings. The Bertz CT molecular complexity index is 413. The van der Waals surface area contributed by atoms with Crippen LogP contribution in [0.25, 0.3) is 0 Å². The molecule has 1 heterocycles. The third-order valence-electron chi connectivity index (χ3n) is 2.25. The fourth-order valence-electron chi connectivity index (χ4n) is 1.70. The Kier molecular flexibility index (Phi) is 3.75. The van der Waals surface area contributed by atoms with Gasteiger partial charge in [0, 0.05) is 18.8 Å². The zero-order valence-electron chi connectivity index (χ0n) is 8.46. The van der Waals surface area contributed by atoms with E-state index in [-0.39, 0.29) is 6.61 Å². The molecule has 1 saturated heterocycles. The summed E-state index contributed by atoms with van der Waals surface area (Å²) in [5, 5.41) is 8.06. The summed E-state index contributed by atoms with van der Waals surface area (Å²) in [5.41, 5.74) is 0. The smallest absolute Gasteiger partial charge is 0.228 e. The van der Waals surface area contributed by atoms with Crippen molar-refractivity contribution in [3.63, 3.8) is 0 Å². The van der Waals surface area contributed by atoms with Crippen LogP contribution < -0.4 is 0 Å². The first-order chi connectivity index (χ1) is 6.76. The van der Waals surface area contributed by atoms with Gasteiger partial charge in [0.1, 0.15) is 0 Å². The van der Waals surface area contributed by atoms with Gasteiger partial charge in [0.05, 0.1) is 6.61 Å². The Balaban J connectivity index is 2.87. The normalized spacial score (nSPS) is 24.5. The minimum atomic E-state index is -3.79. The molecular weight excluding hydrogens is 242 g/mol. The van der Waals surface area contributed by atoms with E-state index in [1.807, 2.05) is 0 Å². The second-order valence-electron chi connectivity index (χ2n) is 3.74. The summed E-state index contributed by atoms with van der Waals surface area (Å²) in [7, 11) is -7.36. The molecule has 1 atom stereocenters. The number of hydrogen-bond donors (Lipinski definition) is 1. The van der Waals surface area contributed by atoms with Gasteiger partial charge in [0.15, 0.2) is 14.9 Å². The highest BCUT2D eigenvalue weighted by atomic mass is 32.3. The highest BCUT2D eigenvalue weighted by molar-refractivity contribution is 8.06. The summed E-state index contributed by atoms with van der Waals surface area (Å²) in [6, 6.07) is -0.461. The van der Waals surface area contributed by atoms with Crippen LogP contribution >= 0.6 is 0 Å². The van der Waals surface area contributed by atoms with Gasteiger partial charge in [0.2, 0.25) is 10.0 Å². The van der Waals surface area contributed by atoms with Crippen molar-refractivity contribution in [1.82, 2.24) is 4.31 Å². The van der Waals surface area contributed by atoms with Crippen molar-refractivity contribution in [3.8, 4) is 0 Å². The number of sulfonamides is 1. The number of hydrogen-bond acceptors (Lipinski definition) is 5. The van der Waals surface area contributed by atoms with Gasteiger partial charge in [0.25, 0.3) is 0 Å². The Morgan fingerprint density at radius 3 is 2.40 bits per heavy atom. The number of rotatable bonds is 4. The van der Waals surface area contributed by atoms with E-state index in [0.717, 1.165) is 10.6 Å². The average Bonchev–Trinajstić information content (AvgIpc) is 2.46. The Hall–Kier alpha value is -0.180. The summed E-state index contributed by atoms with van der Waals surface area (Å²) >= 11 is 0. The van der Waals surface area contributed by atoms with Gasteiger partial charge in [-0.3, -0.25) is 0 Å². The van der Waals surface area contributed by atoms with Crippen molar-refractivity contribution in [3.05, 3.63) is 0 Å². The predicted octanol–water partition coefficient (Wildman–Crippen LogP) is -1.22. The van der Waals surface area contributed by atoms with Gasteiger partial charge in [-0.1, -0.05) is 0 Å². The van der Waals surface area contributed by atoms with Crippen LogP contribution in [0.4, 0.5) is 0 Å². The van der Waals surface area contributed by atoms with Crippen LogP contribution in [0.5, 0.6) is 0 Å². The molecule has 0 aliphatic carbocycles. The molecule has 6 nitrogen and oxygen atoms in total. The largest absolute Gasteiger partial charge is 0.395 e. The molecule has 0 bridgehead atoms. The monoisotopic (exact) mass is 257 g/mol. The zero-order valence-corrected chi connectivity index (χ0v) is 10.1. The lowest BCUT2D eigenvalue weighted by molar-refractivity contribution is 0.214. The fraction of sp³-hybridized carbons (Fsp3) is 1.00. The van der Waals surface area contributed by atoms with E-state index >= 15 is 0 Å². The van der Waals surface area contributed by atoms with Crippen molar-refractivity contribution in [1.29, 1.82) is 0 Å². The molecule has 0 spiro atoms. The molecule has 0 amide bonds. The van der Waals surface area contributed by atoms with E-state index in [1.165, 1.54) is 0 Å². The van der Waals surface area contributed by atoms with Gasteiger partial charge in [-0.2, -0.15) is 4.31 Å². The molecule has 8 heteroatoms. The van der Waals surface area contributed by atoms with Crippen LogP contribution in [0.15, 0.2) is 0 Å². The second-order valence-corrected chi connectivity index (χ2v) is 8.17. The van der Waals surface area contributed by atoms with E-state index < -0.39 is 31.0 Å². The van der Waals surface area contributed by atoms with Crippen LogP contribution in [-0.4, -0.2) is 56.8 Å². The van der Waals surface area contributed by atoms with Crippen molar-refractivity contribution in [2.24, 2.45) is 0 Å². The van der Waals surface area contributed by atoms with Crippen LogP contribution in [-0.2, 0) is 19.9 Å². The number of sulfone groups is 1. The maximum atomic E-state index is 11.7. The van der Waals surface area contributed by atoms with Gasteiger partial charge in [-0.15, -0.1) is 0 Å². The van der Waals surface area contributed by atoms with Crippen LogP contribution in [0, 0.1) is 0 Å². The summed E-state index contributed by atoms with van der Waals surface area (Å²) < 4.78 is 46.3. The van der Waals surface area contributed by atoms with Crippen molar-refractivity contribution < 1.29 is 21.9 Å². The lowest BCUT2D eigenvalue weighted by atomic mass is 10.2. The van der Waals surface area contributed by atoms with E-state index in [9.17, 15) is 16.8 Å². The quantitative estimate of drug-likeness (QED) is 0.681. The molecular formula is C7H15NO5S2. The minimum Gasteiger partial charge on any atom is -0.395 e. The van der Waals surface area contributed by atoms with Crippen LogP contribution in [0.2, 0.25) is 0 Å². The van der Waals surface area contributed by atoms with Gasteiger partial charge >= 0.3 is 0 Å². The maximum Gasteiger partial charge on any atom is 0.228 e. The van der Waals surface area contributed by atoms with Gasteiger partial charge in [-0.05, 0) is 12.8 Å². The Morgan fingerprint density at radius 2 is 1.93 bits per heavy atom. The van der Waals surface area contributed by atoms with Crippen molar-refractivity contribution in [2.45, 2.75) is 18.9 Å². The van der Waals surface area contributed by atoms with Crippen molar-refractivity contribution in [2.75, 3.05) is 24.5 Å². The Labute approximate surface area is 89.9 Å². The van der Waals surface area contributed by atoms with Crippen molar-refractivity contribution >= 4 is 19.9 Å². The lowest BCUT2D eigenvalue weighted by Crippen LogP contribution is -2.40. The number of aliphatic hydroxyl groups excluding tert-OH is 1. The second kappa shape index (κ2) is 4.36. The van der Waals surface area contributed by atoms with E-state index in [2.05, 4.69) is 0 Å². The first-order valence-electron chi connectivity index (χ1n) is 4.54. The fourth-order valence-corrected chi connectivity index (χ4v) is 5.44. The average molecular weight is 257 g/mol. The molecule has 1 fully saturated rings. The molecule has 1 unspecified atom stereocenters. The standard InChI is InChI=1S/C7H15NO5S2/c1-14(10,11)6-15(12,13)8-4-2-3-7(8)5-9/h7,9H,2-6H2,1H3. The first-order valence-corrected chi connectivity index (χ1v) is 8.21. The van der Waals surface area contributed by atoms with E-state index in [4.69, 9.17) is 5.11 Å². The van der Waals surface area contributed by atoms with Gasteiger partial charge in [-0.25, -0.2) is 16.8 Å². The number of aliphatic hydroxyl groups is 1. The molecule has 0 aromatic carbocycles. The van der Waals surface area contributed by atoms with Gasteiger partial charge < -0.3 is 5.11 Å². The molecule has 0 saturated carbocycles. The molecule has 0 radical (unpaired) electrons. The summed E-state index contributed by atoms with van der Waals surface area (Å²) in [6.07, 6.45) is 2.13. The molecule has 1 N–H and O–H groups in total.